The van der Waals surface area contributed by atoms with Crippen LogP contribution in [0.15, 0.2) is 24.4 Å². The third-order valence-corrected chi connectivity index (χ3v) is 3.93. The van der Waals surface area contributed by atoms with Gasteiger partial charge in [-0.15, -0.1) is 0 Å². The lowest BCUT2D eigenvalue weighted by atomic mass is 10.1. The maximum absolute atomic E-state index is 13.7. The number of hydrogen-bond acceptors (Lipinski definition) is 4. The number of anilines is 1. The molecule has 1 aliphatic rings. The van der Waals surface area contributed by atoms with Crippen LogP contribution in [0, 0.1) is 11.6 Å². The van der Waals surface area contributed by atoms with Gasteiger partial charge in [-0.1, -0.05) is 6.07 Å². The first-order valence-electron chi connectivity index (χ1n) is 7.87. The van der Waals surface area contributed by atoms with Crippen molar-refractivity contribution in [3.05, 3.63) is 47.3 Å². The van der Waals surface area contributed by atoms with E-state index in [-0.39, 0.29) is 17.4 Å². The Hall–Kier alpha value is -2.81. The molecular weight excluding hydrogens is 332 g/mol. The molecule has 0 radical (unpaired) electrons. The first-order valence-corrected chi connectivity index (χ1v) is 7.87. The fourth-order valence-corrected chi connectivity index (χ4v) is 2.69. The van der Waals surface area contributed by atoms with E-state index in [0.717, 1.165) is 37.6 Å². The van der Waals surface area contributed by atoms with Crippen molar-refractivity contribution in [2.75, 3.05) is 18.4 Å². The van der Waals surface area contributed by atoms with E-state index in [0.29, 0.717) is 6.54 Å². The van der Waals surface area contributed by atoms with E-state index in [9.17, 15) is 18.4 Å². The summed E-state index contributed by atoms with van der Waals surface area (Å²) in [5, 5.41) is 14.6. The summed E-state index contributed by atoms with van der Waals surface area (Å²) in [7, 11) is 0. The second-order valence-electron chi connectivity index (χ2n) is 5.72. The minimum atomic E-state index is -0.995. The molecule has 0 unspecified atom stereocenters. The van der Waals surface area contributed by atoms with Crippen LogP contribution in [-0.4, -0.2) is 41.1 Å². The third kappa shape index (κ3) is 3.82. The Bertz CT molecular complexity index is 766. The average molecular weight is 349 g/mol. The summed E-state index contributed by atoms with van der Waals surface area (Å²) >= 11 is 0. The highest BCUT2D eigenvalue weighted by molar-refractivity contribution is 6.08. The molecule has 0 bridgehead atoms. The van der Waals surface area contributed by atoms with Crippen molar-refractivity contribution >= 4 is 17.5 Å². The van der Waals surface area contributed by atoms with Crippen molar-refractivity contribution in [2.45, 2.75) is 18.9 Å². The summed E-state index contributed by atoms with van der Waals surface area (Å²) in [5.41, 5.74) is -0.712. The van der Waals surface area contributed by atoms with Crippen molar-refractivity contribution in [3.63, 3.8) is 0 Å². The molecule has 1 saturated heterocycles. The number of nitrogens with zero attached hydrogens (tertiary/aromatic N) is 1. The summed E-state index contributed by atoms with van der Waals surface area (Å²) in [6, 6.07) is 3.09. The molecule has 0 aliphatic carbocycles. The molecule has 1 aromatic heterocycles. The Morgan fingerprint density at radius 1 is 1.20 bits per heavy atom. The molecule has 3 rings (SSSR count). The number of hydrogen-bond donors (Lipinski definition) is 4. The van der Waals surface area contributed by atoms with Gasteiger partial charge in [0.25, 0.3) is 11.8 Å². The van der Waals surface area contributed by atoms with Crippen LogP contribution in [0.3, 0.4) is 0 Å². The van der Waals surface area contributed by atoms with E-state index in [1.807, 2.05) is 0 Å². The van der Waals surface area contributed by atoms with Gasteiger partial charge in [0, 0.05) is 18.8 Å². The van der Waals surface area contributed by atoms with E-state index < -0.39 is 29.0 Å². The number of halogens is 2. The third-order valence-electron chi connectivity index (χ3n) is 3.93. The van der Waals surface area contributed by atoms with Crippen molar-refractivity contribution in [1.29, 1.82) is 0 Å². The van der Waals surface area contributed by atoms with E-state index in [1.54, 1.807) is 0 Å². The van der Waals surface area contributed by atoms with Gasteiger partial charge in [-0.3, -0.25) is 14.7 Å². The number of carbonyl (C=O) groups excluding carboxylic acids is 2. The highest BCUT2D eigenvalue weighted by atomic mass is 19.1. The summed E-state index contributed by atoms with van der Waals surface area (Å²) in [4.78, 5) is 24.5. The number of amides is 2. The summed E-state index contributed by atoms with van der Waals surface area (Å²) in [5.74, 6) is -3.44. The molecule has 25 heavy (non-hydrogen) atoms. The highest BCUT2D eigenvalue weighted by Gasteiger charge is 2.23. The SMILES string of the molecule is O=C(N[C@H]1CCCNC1)c1n[nH]cc1NC(=O)c1c(F)cccc1F. The number of carbonyl (C=O) groups is 2. The number of rotatable bonds is 4. The van der Waals surface area contributed by atoms with Gasteiger partial charge in [-0.25, -0.2) is 8.78 Å². The van der Waals surface area contributed by atoms with Crippen molar-refractivity contribution < 1.29 is 18.4 Å². The van der Waals surface area contributed by atoms with E-state index in [4.69, 9.17) is 0 Å². The fourth-order valence-electron chi connectivity index (χ4n) is 2.69. The molecule has 1 fully saturated rings. The molecule has 0 spiro atoms. The van der Waals surface area contributed by atoms with Crippen LogP contribution in [0.5, 0.6) is 0 Å². The Labute approximate surface area is 142 Å². The summed E-state index contributed by atoms with van der Waals surface area (Å²) in [6.45, 7) is 1.56. The zero-order valence-corrected chi connectivity index (χ0v) is 13.2. The van der Waals surface area contributed by atoms with Crippen LogP contribution < -0.4 is 16.0 Å². The van der Waals surface area contributed by atoms with Gasteiger partial charge in [0.05, 0.1) is 5.69 Å². The predicted octanol–water partition coefficient (Wildman–Crippen LogP) is 1.42. The molecule has 9 heteroatoms. The summed E-state index contributed by atoms with van der Waals surface area (Å²) in [6.07, 6.45) is 3.07. The number of aromatic nitrogens is 2. The molecule has 2 heterocycles. The Balaban J connectivity index is 1.73. The van der Waals surface area contributed by atoms with Crippen LogP contribution in [-0.2, 0) is 0 Å². The Kier molecular flexibility index (Phi) is 5.03. The van der Waals surface area contributed by atoms with Gasteiger partial charge in [-0.2, -0.15) is 5.10 Å². The lowest BCUT2D eigenvalue weighted by molar-refractivity contribution is 0.0926. The minimum Gasteiger partial charge on any atom is -0.347 e. The first-order chi connectivity index (χ1) is 12.1. The van der Waals surface area contributed by atoms with Crippen LogP contribution in [0.1, 0.15) is 33.7 Å². The van der Waals surface area contributed by atoms with Gasteiger partial charge in [0.2, 0.25) is 0 Å². The number of aromatic amines is 1. The zero-order chi connectivity index (χ0) is 17.8. The predicted molar refractivity (Wildman–Crippen MR) is 86.3 cm³/mol. The molecule has 7 nitrogen and oxygen atoms in total. The number of benzene rings is 1. The van der Waals surface area contributed by atoms with E-state index in [2.05, 4.69) is 26.1 Å². The number of piperidine rings is 1. The fraction of sp³-hybridized carbons (Fsp3) is 0.312. The molecule has 2 aromatic rings. The lowest BCUT2D eigenvalue weighted by Crippen LogP contribution is -2.45. The van der Waals surface area contributed by atoms with E-state index >= 15 is 0 Å². The van der Waals surface area contributed by atoms with Gasteiger partial charge in [0.1, 0.15) is 17.2 Å². The van der Waals surface area contributed by atoms with Gasteiger partial charge >= 0.3 is 0 Å². The van der Waals surface area contributed by atoms with Crippen molar-refractivity contribution in [2.24, 2.45) is 0 Å². The molecule has 132 valence electrons. The van der Waals surface area contributed by atoms with Crippen LogP contribution >= 0.6 is 0 Å². The molecule has 1 aliphatic heterocycles. The number of nitrogens with one attached hydrogen (secondary N) is 4. The standard InChI is InChI=1S/C16H17F2N5O2/c17-10-4-1-5-11(18)13(10)15(24)22-12-8-20-23-14(12)16(25)21-9-3-2-6-19-7-9/h1,4-5,8-9,19H,2-3,6-7H2,(H,20,23)(H,21,25)(H,22,24)/t9-/m0/s1. The van der Waals surface area contributed by atoms with Crippen molar-refractivity contribution in [1.82, 2.24) is 20.8 Å². The maximum Gasteiger partial charge on any atom is 0.274 e. The quantitative estimate of drug-likeness (QED) is 0.671. The average Bonchev–Trinajstić information content (AvgIpc) is 3.04. The second kappa shape index (κ2) is 7.39. The minimum absolute atomic E-state index is 0.0366. The maximum atomic E-state index is 13.7. The Morgan fingerprint density at radius 2 is 1.96 bits per heavy atom. The largest absolute Gasteiger partial charge is 0.347 e. The smallest absolute Gasteiger partial charge is 0.274 e. The Morgan fingerprint density at radius 3 is 2.64 bits per heavy atom. The van der Waals surface area contributed by atoms with Crippen LogP contribution in [0.25, 0.3) is 0 Å². The van der Waals surface area contributed by atoms with Gasteiger partial charge in [0.15, 0.2) is 5.69 Å². The van der Waals surface area contributed by atoms with Crippen molar-refractivity contribution in [3.8, 4) is 0 Å². The number of H-pyrrole nitrogens is 1. The highest BCUT2D eigenvalue weighted by Crippen LogP contribution is 2.17. The molecule has 4 N–H and O–H groups in total. The molecule has 0 saturated carbocycles. The molecule has 2 amide bonds. The van der Waals surface area contributed by atoms with Gasteiger partial charge in [-0.05, 0) is 31.5 Å². The van der Waals surface area contributed by atoms with Crippen LogP contribution in [0.2, 0.25) is 0 Å². The lowest BCUT2D eigenvalue weighted by Gasteiger charge is -2.23. The second-order valence-corrected chi connectivity index (χ2v) is 5.72. The molecule has 1 aromatic carbocycles. The topological polar surface area (TPSA) is 98.9 Å². The van der Waals surface area contributed by atoms with E-state index in [1.165, 1.54) is 6.20 Å². The zero-order valence-electron chi connectivity index (χ0n) is 13.2. The normalized spacial score (nSPS) is 17.1. The monoisotopic (exact) mass is 349 g/mol. The van der Waals surface area contributed by atoms with Crippen LogP contribution in [0.4, 0.5) is 14.5 Å². The summed E-state index contributed by atoms with van der Waals surface area (Å²) < 4.78 is 27.4. The first kappa shape index (κ1) is 17.0. The molecule has 1 atom stereocenters. The van der Waals surface area contributed by atoms with Gasteiger partial charge < -0.3 is 16.0 Å². The molecular formula is C16H17F2N5O2.